The Labute approximate surface area is 153 Å². The van der Waals surface area contributed by atoms with Gasteiger partial charge in [0.15, 0.2) is 6.61 Å². The highest BCUT2D eigenvalue weighted by Crippen LogP contribution is 2.38. The van der Waals surface area contributed by atoms with Crippen molar-refractivity contribution in [1.29, 1.82) is 0 Å². The summed E-state index contributed by atoms with van der Waals surface area (Å²) in [5.41, 5.74) is 7.46. The first-order chi connectivity index (χ1) is 12.4. The Bertz CT molecular complexity index is 903. The summed E-state index contributed by atoms with van der Waals surface area (Å²) in [4.78, 5) is 36.8. The van der Waals surface area contributed by atoms with Crippen LogP contribution in [0.15, 0.2) is 18.2 Å². The fraction of sp³-hybridized carbons (Fsp3) is 0.278. The first-order valence-electron chi connectivity index (χ1n) is 8.07. The summed E-state index contributed by atoms with van der Waals surface area (Å²) in [5.74, 6) is -2.17. The number of nitrogens with one attached hydrogen (secondary N) is 1. The first-order valence-corrected chi connectivity index (χ1v) is 8.89. The van der Waals surface area contributed by atoms with Gasteiger partial charge in [0.05, 0.1) is 5.56 Å². The molecule has 2 amide bonds. The van der Waals surface area contributed by atoms with Crippen LogP contribution in [0, 0.1) is 6.92 Å². The van der Waals surface area contributed by atoms with Crippen LogP contribution in [0.3, 0.4) is 0 Å². The zero-order valence-electron chi connectivity index (χ0n) is 14.1. The molecule has 0 fully saturated rings. The van der Waals surface area contributed by atoms with E-state index in [0.717, 1.165) is 35.3 Å². The molecule has 0 aliphatic heterocycles. The molecule has 7 nitrogen and oxygen atoms in total. The topological polar surface area (TPSA) is 119 Å². The van der Waals surface area contributed by atoms with Gasteiger partial charge in [-0.15, -0.1) is 11.3 Å². The van der Waals surface area contributed by atoms with Gasteiger partial charge in [-0.1, -0.05) is 6.07 Å². The van der Waals surface area contributed by atoms with Crippen molar-refractivity contribution in [2.45, 2.75) is 26.2 Å². The number of amides is 2. The van der Waals surface area contributed by atoms with E-state index in [1.807, 2.05) is 0 Å². The molecule has 0 radical (unpaired) electrons. The second-order valence-corrected chi connectivity index (χ2v) is 7.18. The highest BCUT2D eigenvalue weighted by molar-refractivity contribution is 7.17. The Kier molecular flexibility index (Phi) is 4.94. The molecule has 1 heterocycles. The number of thiophene rings is 1. The van der Waals surface area contributed by atoms with Gasteiger partial charge in [-0.3, -0.25) is 9.59 Å². The number of benzene rings is 1. The molecule has 4 N–H and O–H groups in total. The van der Waals surface area contributed by atoms with E-state index in [1.165, 1.54) is 23.5 Å². The number of primary amides is 1. The fourth-order valence-electron chi connectivity index (χ4n) is 2.94. The Hall–Kier alpha value is -2.87. The lowest BCUT2D eigenvalue weighted by Gasteiger charge is -2.08. The summed E-state index contributed by atoms with van der Waals surface area (Å²) in [7, 11) is 0. The van der Waals surface area contributed by atoms with Gasteiger partial charge in [0.1, 0.15) is 16.3 Å². The fourth-order valence-corrected chi connectivity index (χ4v) is 4.25. The third-order valence-electron chi connectivity index (χ3n) is 4.13. The molecule has 0 bridgehead atoms. The maximum Gasteiger partial charge on any atom is 0.342 e. The van der Waals surface area contributed by atoms with Crippen molar-refractivity contribution < 1.29 is 24.2 Å². The van der Waals surface area contributed by atoms with Gasteiger partial charge < -0.3 is 20.9 Å². The van der Waals surface area contributed by atoms with Gasteiger partial charge in [0.25, 0.3) is 11.8 Å². The minimum atomic E-state index is -0.804. The molecule has 3 rings (SSSR count). The van der Waals surface area contributed by atoms with E-state index < -0.39 is 24.4 Å². The van der Waals surface area contributed by atoms with Crippen molar-refractivity contribution in [3.8, 4) is 5.75 Å². The number of carbonyl (C=O) groups excluding carboxylic acids is 3. The van der Waals surface area contributed by atoms with Gasteiger partial charge >= 0.3 is 5.97 Å². The lowest BCUT2D eigenvalue weighted by molar-refractivity contribution is -0.119. The number of aryl methyl sites for hydroxylation is 2. The Morgan fingerprint density at radius 3 is 2.77 bits per heavy atom. The largest absolute Gasteiger partial charge is 0.507 e. The quantitative estimate of drug-likeness (QED) is 0.693. The van der Waals surface area contributed by atoms with E-state index in [4.69, 9.17) is 10.5 Å². The average Bonchev–Trinajstić information content (AvgIpc) is 3.12. The molecule has 0 saturated heterocycles. The lowest BCUT2D eigenvalue weighted by atomic mass is 10.1. The minimum absolute atomic E-state index is 0.0173. The van der Waals surface area contributed by atoms with Crippen molar-refractivity contribution in [3.05, 3.63) is 45.3 Å². The molecule has 0 unspecified atom stereocenters. The molecule has 0 saturated carbocycles. The van der Waals surface area contributed by atoms with Crippen LogP contribution in [0.1, 0.15) is 43.1 Å². The van der Waals surface area contributed by atoms with Gasteiger partial charge in [-0.05, 0) is 49.4 Å². The van der Waals surface area contributed by atoms with Crippen LogP contribution in [0.5, 0.6) is 5.75 Å². The third-order valence-corrected chi connectivity index (χ3v) is 5.34. The van der Waals surface area contributed by atoms with Crippen LogP contribution in [0.2, 0.25) is 0 Å². The number of ether oxygens (including phenoxy) is 1. The highest BCUT2D eigenvalue weighted by atomic mass is 32.1. The average molecular weight is 374 g/mol. The summed E-state index contributed by atoms with van der Waals surface area (Å²) < 4.78 is 4.94. The van der Waals surface area contributed by atoms with Crippen molar-refractivity contribution in [2.75, 3.05) is 11.9 Å². The third kappa shape index (κ3) is 3.55. The molecule has 26 heavy (non-hydrogen) atoms. The molecule has 1 aliphatic rings. The van der Waals surface area contributed by atoms with Gasteiger partial charge in [-0.25, -0.2) is 4.79 Å². The Morgan fingerprint density at radius 2 is 2.08 bits per heavy atom. The summed E-state index contributed by atoms with van der Waals surface area (Å²) in [6.45, 7) is 1.24. The van der Waals surface area contributed by atoms with Crippen LogP contribution in [0.4, 0.5) is 5.00 Å². The maximum atomic E-state index is 12.1. The second-order valence-electron chi connectivity index (χ2n) is 6.07. The summed E-state index contributed by atoms with van der Waals surface area (Å²) in [5, 5.41) is 12.8. The Morgan fingerprint density at radius 1 is 1.31 bits per heavy atom. The number of nitrogens with two attached hydrogens (primary N) is 1. The van der Waals surface area contributed by atoms with Gasteiger partial charge in [0.2, 0.25) is 0 Å². The van der Waals surface area contributed by atoms with E-state index in [1.54, 1.807) is 13.0 Å². The van der Waals surface area contributed by atoms with E-state index in [2.05, 4.69) is 5.32 Å². The smallest absolute Gasteiger partial charge is 0.342 e. The van der Waals surface area contributed by atoms with Gasteiger partial charge in [-0.2, -0.15) is 0 Å². The zero-order valence-corrected chi connectivity index (χ0v) is 14.9. The number of hydrogen-bond acceptors (Lipinski definition) is 6. The number of fused-ring (bicyclic) bond motifs is 1. The van der Waals surface area contributed by atoms with Crippen LogP contribution in [-0.2, 0) is 22.4 Å². The molecule has 8 heteroatoms. The molecule has 136 valence electrons. The number of phenols is 1. The molecular weight excluding hydrogens is 356 g/mol. The van der Waals surface area contributed by atoms with E-state index in [-0.39, 0.29) is 11.3 Å². The van der Waals surface area contributed by atoms with Crippen molar-refractivity contribution in [3.63, 3.8) is 0 Å². The number of carbonyl (C=O) groups is 3. The predicted molar refractivity (Wildman–Crippen MR) is 96.6 cm³/mol. The number of aromatic hydroxyl groups is 1. The monoisotopic (exact) mass is 374 g/mol. The van der Waals surface area contributed by atoms with Crippen LogP contribution in [-0.4, -0.2) is 29.5 Å². The van der Waals surface area contributed by atoms with Crippen molar-refractivity contribution >= 4 is 34.1 Å². The van der Waals surface area contributed by atoms with Crippen molar-refractivity contribution in [1.82, 2.24) is 0 Å². The SMILES string of the molecule is Cc1ccc(C(=O)OCC(=O)Nc2sc3c(c2C(N)=O)CCC3)c(O)c1. The minimum Gasteiger partial charge on any atom is -0.507 e. The summed E-state index contributed by atoms with van der Waals surface area (Å²) >= 11 is 1.33. The van der Waals surface area contributed by atoms with Crippen LogP contribution >= 0.6 is 11.3 Å². The van der Waals surface area contributed by atoms with Crippen LogP contribution in [0.25, 0.3) is 0 Å². The number of hydrogen-bond donors (Lipinski definition) is 3. The van der Waals surface area contributed by atoms with Crippen molar-refractivity contribution in [2.24, 2.45) is 5.73 Å². The molecule has 1 aliphatic carbocycles. The van der Waals surface area contributed by atoms with E-state index in [9.17, 15) is 19.5 Å². The molecule has 1 aromatic heterocycles. The predicted octanol–water partition coefficient (Wildman–Crippen LogP) is 2.15. The summed E-state index contributed by atoms with van der Waals surface area (Å²) in [6, 6.07) is 4.52. The molecule has 2 aromatic rings. The maximum absolute atomic E-state index is 12.1. The van der Waals surface area contributed by atoms with E-state index in [0.29, 0.717) is 10.6 Å². The second kappa shape index (κ2) is 7.17. The first kappa shape index (κ1) is 17.9. The normalized spacial score (nSPS) is 12.5. The molecule has 1 aromatic carbocycles. The number of rotatable bonds is 5. The number of phenolic OH excluding ortho intramolecular Hbond substituents is 1. The summed E-state index contributed by atoms with van der Waals surface area (Å²) in [6.07, 6.45) is 2.59. The van der Waals surface area contributed by atoms with Gasteiger partial charge in [0, 0.05) is 4.88 Å². The highest BCUT2D eigenvalue weighted by Gasteiger charge is 2.26. The van der Waals surface area contributed by atoms with E-state index >= 15 is 0 Å². The molecular formula is C18H18N2O5S. The standard InChI is InChI=1S/C18H18N2O5S/c1-9-5-6-10(12(21)7-9)18(24)25-8-14(22)20-17-15(16(19)23)11-3-2-4-13(11)26-17/h5-7,21H,2-4,8H2,1H3,(H2,19,23)(H,20,22). The van der Waals surface area contributed by atoms with Crippen LogP contribution < -0.4 is 11.1 Å². The Balaban J connectivity index is 1.65. The molecule has 0 atom stereocenters. The molecule has 0 spiro atoms. The lowest BCUT2D eigenvalue weighted by Crippen LogP contribution is -2.22. The number of esters is 1. The zero-order chi connectivity index (χ0) is 18.8. The number of anilines is 1.